The van der Waals surface area contributed by atoms with Crippen LogP contribution in [0.1, 0.15) is 24.8 Å². The molecule has 1 fully saturated rings. The minimum absolute atomic E-state index is 0.262. The highest BCUT2D eigenvalue weighted by molar-refractivity contribution is 7.98. The highest BCUT2D eigenvalue weighted by Gasteiger charge is 2.35. The highest BCUT2D eigenvalue weighted by atomic mass is 35.5. The van der Waals surface area contributed by atoms with Gasteiger partial charge in [0, 0.05) is 5.54 Å². The molecule has 0 amide bonds. The third-order valence-electron chi connectivity index (χ3n) is 3.02. The molecule has 1 nitrogen and oxygen atoms in total. The first-order valence-corrected chi connectivity index (χ1v) is 6.49. The van der Waals surface area contributed by atoms with Crippen LogP contribution in [0.4, 0.5) is 4.39 Å². The summed E-state index contributed by atoms with van der Waals surface area (Å²) in [5.74, 6) is -0.262. The van der Waals surface area contributed by atoms with Crippen molar-refractivity contribution < 1.29 is 4.39 Å². The average Bonchev–Trinajstić information content (AvgIpc) is 2.13. The smallest absolute Gasteiger partial charge is 0.138 e. The Morgan fingerprint density at radius 1 is 1.47 bits per heavy atom. The first-order valence-electron chi connectivity index (χ1n) is 4.89. The standard InChI is InChI=1S/C11H13ClFNS/c1-15-10-8(12)5-7(6-9(10)13)11(14)3-2-4-11/h5-6H,2-4,14H2,1H3. The molecule has 0 bridgehead atoms. The lowest BCUT2D eigenvalue weighted by molar-refractivity contribution is 0.252. The monoisotopic (exact) mass is 245 g/mol. The number of hydrogen-bond acceptors (Lipinski definition) is 2. The van der Waals surface area contributed by atoms with Gasteiger partial charge in [0.2, 0.25) is 0 Å². The maximum Gasteiger partial charge on any atom is 0.138 e. The molecule has 0 spiro atoms. The molecule has 82 valence electrons. The molecule has 1 aliphatic carbocycles. The highest BCUT2D eigenvalue weighted by Crippen LogP contribution is 2.41. The Kier molecular flexibility index (Phi) is 2.97. The second-order valence-corrected chi connectivity index (χ2v) is 5.21. The van der Waals surface area contributed by atoms with E-state index in [2.05, 4.69) is 0 Å². The SMILES string of the molecule is CSc1c(F)cc(C2(N)CCC2)cc1Cl. The molecule has 15 heavy (non-hydrogen) atoms. The van der Waals surface area contributed by atoms with Crippen molar-refractivity contribution in [1.29, 1.82) is 0 Å². The predicted octanol–water partition coefficient (Wildman–Crippen LogP) is 3.54. The molecule has 0 heterocycles. The molecule has 1 aromatic rings. The Bertz CT molecular complexity index is 367. The van der Waals surface area contributed by atoms with Gasteiger partial charge >= 0.3 is 0 Å². The second-order valence-electron chi connectivity index (χ2n) is 3.98. The molecule has 0 radical (unpaired) electrons. The molecule has 0 aliphatic heterocycles. The minimum Gasteiger partial charge on any atom is -0.321 e. The summed E-state index contributed by atoms with van der Waals surface area (Å²) in [7, 11) is 0. The van der Waals surface area contributed by atoms with E-state index in [4.69, 9.17) is 17.3 Å². The summed E-state index contributed by atoms with van der Waals surface area (Å²) >= 11 is 7.32. The van der Waals surface area contributed by atoms with Gasteiger partial charge in [-0.15, -0.1) is 11.8 Å². The molecule has 2 N–H and O–H groups in total. The van der Waals surface area contributed by atoms with Gasteiger partial charge in [-0.2, -0.15) is 0 Å². The fourth-order valence-corrected chi connectivity index (χ4v) is 2.84. The molecule has 4 heteroatoms. The van der Waals surface area contributed by atoms with Gasteiger partial charge in [-0.05, 0) is 43.2 Å². The van der Waals surface area contributed by atoms with Crippen LogP contribution in [0.2, 0.25) is 5.02 Å². The summed E-state index contributed by atoms with van der Waals surface area (Å²) in [5.41, 5.74) is 6.60. The fraction of sp³-hybridized carbons (Fsp3) is 0.455. The van der Waals surface area contributed by atoms with Crippen LogP contribution in [0.15, 0.2) is 17.0 Å². The van der Waals surface area contributed by atoms with Crippen molar-refractivity contribution in [3.63, 3.8) is 0 Å². The van der Waals surface area contributed by atoms with Gasteiger partial charge in [-0.3, -0.25) is 0 Å². The van der Waals surface area contributed by atoms with Crippen LogP contribution in [0.5, 0.6) is 0 Å². The first kappa shape index (κ1) is 11.2. The van der Waals surface area contributed by atoms with E-state index in [0.29, 0.717) is 9.92 Å². The van der Waals surface area contributed by atoms with Gasteiger partial charge in [0.1, 0.15) is 5.82 Å². The molecule has 0 aromatic heterocycles. The van der Waals surface area contributed by atoms with Crippen molar-refractivity contribution in [1.82, 2.24) is 0 Å². The van der Waals surface area contributed by atoms with Gasteiger partial charge in [0.15, 0.2) is 0 Å². The molecule has 1 aromatic carbocycles. The number of halogens is 2. The maximum absolute atomic E-state index is 13.6. The largest absolute Gasteiger partial charge is 0.321 e. The molecule has 0 unspecified atom stereocenters. The molecular formula is C11H13ClFNS. The van der Waals surface area contributed by atoms with Gasteiger partial charge in [-0.1, -0.05) is 11.6 Å². The summed E-state index contributed by atoms with van der Waals surface area (Å²) < 4.78 is 13.6. The van der Waals surface area contributed by atoms with Crippen LogP contribution < -0.4 is 5.73 Å². The molecule has 0 atom stereocenters. The normalized spacial score (nSPS) is 18.7. The van der Waals surface area contributed by atoms with Gasteiger partial charge in [0.25, 0.3) is 0 Å². The number of hydrogen-bond donors (Lipinski definition) is 1. The van der Waals surface area contributed by atoms with E-state index in [0.717, 1.165) is 24.8 Å². The number of rotatable bonds is 2. The fourth-order valence-electron chi connectivity index (χ4n) is 1.89. The van der Waals surface area contributed by atoms with Crippen molar-refractivity contribution in [2.75, 3.05) is 6.26 Å². The van der Waals surface area contributed by atoms with Gasteiger partial charge in [0.05, 0.1) is 9.92 Å². The van der Waals surface area contributed by atoms with E-state index >= 15 is 0 Å². The van der Waals surface area contributed by atoms with Crippen molar-refractivity contribution in [3.05, 3.63) is 28.5 Å². The zero-order valence-corrected chi connectivity index (χ0v) is 10.1. The zero-order valence-electron chi connectivity index (χ0n) is 8.52. The first-order chi connectivity index (χ1) is 7.07. The van der Waals surface area contributed by atoms with E-state index in [9.17, 15) is 4.39 Å². The Morgan fingerprint density at radius 3 is 2.53 bits per heavy atom. The molecule has 1 aliphatic rings. The van der Waals surface area contributed by atoms with Crippen LogP contribution in [0.3, 0.4) is 0 Å². The summed E-state index contributed by atoms with van der Waals surface area (Å²) in [6.07, 6.45) is 4.76. The average molecular weight is 246 g/mol. The van der Waals surface area contributed by atoms with E-state index in [-0.39, 0.29) is 11.4 Å². The third kappa shape index (κ3) is 1.88. The van der Waals surface area contributed by atoms with Crippen LogP contribution >= 0.6 is 23.4 Å². The lowest BCUT2D eigenvalue weighted by Crippen LogP contribution is -2.43. The van der Waals surface area contributed by atoms with E-state index in [1.165, 1.54) is 17.8 Å². The maximum atomic E-state index is 13.6. The number of benzene rings is 1. The van der Waals surface area contributed by atoms with Crippen molar-refractivity contribution in [2.45, 2.75) is 29.7 Å². The van der Waals surface area contributed by atoms with Crippen molar-refractivity contribution in [3.8, 4) is 0 Å². The number of nitrogens with two attached hydrogens (primary N) is 1. The lowest BCUT2D eigenvalue weighted by atomic mass is 9.73. The minimum atomic E-state index is -0.346. The van der Waals surface area contributed by atoms with Crippen LogP contribution in [0.25, 0.3) is 0 Å². The quantitative estimate of drug-likeness (QED) is 0.807. The Balaban J connectivity index is 2.43. The van der Waals surface area contributed by atoms with Gasteiger partial charge in [-0.25, -0.2) is 4.39 Å². The zero-order chi connectivity index (χ0) is 11.1. The molecule has 0 saturated heterocycles. The molecule has 1 saturated carbocycles. The van der Waals surface area contributed by atoms with E-state index < -0.39 is 0 Å². The Labute approximate surface area is 98.2 Å². The summed E-state index contributed by atoms with van der Waals surface area (Å²) in [6.45, 7) is 0. The van der Waals surface area contributed by atoms with Gasteiger partial charge < -0.3 is 5.73 Å². The lowest BCUT2D eigenvalue weighted by Gasteiger charge is -2.38. The topological polar surface area (TPSA) is 26.0 Å². The summed E-state index contributed by atoms with van der Waals surface area (Å²) in [4.78, 5) is 0.503. The predicted molar refractivity (Wildman–Crippen MR) is 62.9 cm³/mol. The van der Waals surface area contributed by atoms with Crippen molar-refractivity contribution in [2.24, 2.45) is 5.73 Å². The molecule has 2 rings (SSSR count). The second kappa shape index (κ2) is 3.96. The number of thioether (sulfide) groups is 1. The van der Waals surface area contributed by atoms with Crippen molar-refractivity contribution >= 4 is 23.4 Å². The third-order valence-corrected chi connectivity index (χ3v) is 4.26. The molecular weight excluding hydrogens is 233 g/mol. The van der Waals surface area contributed by atoms with E-state index in [1.54, 1.807) is 6.07 Å². The Morgan fingerprint density at radius 2 is 2.13 bits per heavy atom. The van der Waals surface area contributed by atoms with Crippen LogP contribution in [0, 0.1) is 5.82 Å². The van der Waals surface area contributed by atoms with Crippen LogP contribution in [-0.2, 0) is 5.54 Å². The Hall–Kier alpha value is -0.250. The van der Waals surface area contributed by atoms with E-state index in [1.807, 2.05) is 6.26 Å². The summed E-state index contributed by atoms with van der Waals surface area (Å²) in [5, 5.41) is 0.467. The summed E-state index contributed by atoms with van der Waals surface area (Å²) in [6, 6.07) is 3.33. The van der Waals surface area contributed by atoms with Crippen LogP contribution in [-0.4, -0.2) is 6.26 Å².